The Bertz CT molecular complexity index is 349. The number of aliphatic hydroxyl groups is 1. The quantitative estimate of drug-likeness (QED) is 0.745. The molecule has 1 N–H and O–H groups in total. The fourth-order valence-corrected chi connectivity index (χ4v) is 2.03. The van der Waals surface area contributed by atoms with E-state index in [0.717, 1.165) is 24.3 Å². The van der Waals surface area contributed by atoms with Gasteiger partial charge in [-0.1, -0.05) is 25.1 Å². The standard InChI is InChI=1S/C15H25NO3/c1-4-15(17)13-7-5-6-8-14(13)16(9-11-18-2)10-12-19-3/h5-8,15,17H,4,9-12H2,1-3H3/t15-/m1/s1. The minimum Gasteiger partial charge on any atom is -0.388 e. The van der Waals surface area contributed by atoms with E-state index in [2.05, 4.69) is 4.90 Å². The van der Waals surface area contributed by atoms with E-state index in [4.69, 9.17) is 9.47 Å². The second-order valence-electron chi connectivity index (χ2n) is 4.46. The molecule has 0 aromatic heterocycles. The number of hydrogen-bond donors (Lipinski definition) is 1. The van der Waals surface area contributed by atoms with Gasteiger partial charge in [0, 0.05) is 38.6 Å². The number of ether oxygens (including phenoxy) is 2. The lowest BCUT2D eigenvalue weighted by Crippen LogP contribution is -2.31. The van der Waals surface area contributed by atoms with Gasteiger partial charge >= 0.3 is 0 Å². The van der Waals surface area contributed by atoms with Crippen molar-refractivity contribution in [2.75, 3.05) is 45.4 Å². The van der Waals surface area contributed by atoms with Crippen LogP contribution in [0.3, 0.4) is 0 Å². The lowest BCUT2D eigenvalue weighted by Gasteiger charge is -2.28. The maximum absolute atomic E-state index is 10.1. The van der Waals surface area contributed by atoms with Gasteiger partial charge in [-0.15, -0.1) is 0 Å². The van der Waals surface area contributed by atoms with E-state index in [1.807, 2.05) is 31.2 Å². The molecule has 19 heavy (non-hydrogen) atoms. The second-order valence-corrected chi connectivity index (χ2v) is 4.46. The fraction of sp³-hybridized carbons (Fsp3) is 0.600. The summed E-state index contributed by atoms with van der Waals surface area (Å²) in [5.74, 6) is 0. The molecule has 1 aromatic carbocycles. The molecule has 0 radical (unpaired) electrons. The number of benzene rings is 1. The molecule has 0 aliphatic rings. The first-order valence-electron chi connectivity index (χ1n) is 6.74. The van der Waals surface area contributed by atoms with E-state index in [1.165, 1.54) is 0 Å². The van der Waals surface area contributed by atoms with E-state index in [9.17, 15) is 5.11 Å². The van der Waals surface area contributed by atoms with Gasteiger partial charge in [0.25, 0.3) is 0 Å². The Balaban J connectivity index is 2.92. The zero-order chi connectivity index (χ0) is 14.1. The van der Waals surface area contributed by atoms with Crippen LogP contribution in [-0.2, 0) is 9.47 Å². The van der Waals surface area contributed by atoms with Crippen LogP contribution >= 0.6 is 0 Å². The van der Waals surface area contributed by atoms with Crippen molar-refractivity contribution in [3.8, 4) is 0 Å². The van der Waals surface area contributed by atoms with E-state index < -0.39 is 6.10 Å². The lowest BCUT2D eigenvalue weighted by atomic mass is 10.0. The minimum atomic E-state index is -0.427. The van der Waals surface area contributed by atoms with Crippen molar-refractivity contribution < 1.29 is 14.6 Å². The van der Waals surface area contributed by atoms with E-state index in [-0.39, 0.29) is 0 Å². The lowest BCUT2D eigenvalue weighted by molar-refractivity contribution is 0.172. The molecule has 0 spiro atoms. The minimum absolute atomic E-state index is 0.427. The van der Waals surface area contributed by atoms with Crippen molar-refractivity contribution in [3.05, 3.63) is 29.8 Å². The third kappa shape index (κ3) is 4.82. The molecule has 0 saturated heterocycles. The number of para-hydroxylation sites is 1. The van der Waals surface area contributed by atoms with Crippen LogP contribution < -0.4 is 4.90 Å². The average molecular weight is 267 g/mol. The Labute approximate surface area is 115 Å². The maximum Gasteiger partial charge on any atom is 0.0807 e. The van der Waals surface area contributed by atoms with Gasteiger partial charge in [0.05, 0.1) is 19.3 Å². The predicted octanol–water partition coefficient (Wildman–Crippen LogP) is 2.23. The first kappa shape index (κ1) is 16.0. The van der Waals surface area contributed by atoms with Gasteiger partial charge in [-0.2, -0.15) is 0 Å². The zero-order valence-electron chi connectivity index (χ0n) is 12.1. The predicted molar refractivity (Wildman–Crippen MR) is 77.7 cm³/mol. The maximum atomic E-state index is 10.1. The molecule has 0 saturated carbocycles. The van der Waals surface area contributed by atoms with Gasteiger partial charge in [0.15, 0.2) is 0 Å². The Morgan fingerprint density at radius 2 is 1.68 bits per heavy atom. The summed E-state index contributed by atoms with van der Waals surface area (Å²) < 4.78 is 10.3. The molecule has 4 heteroatoms. The highest BCUT2D eigenvalue weighted by molar-refractivity contribution is 5.54. The number of hydrogen-bond acceptors (Lipinski definition) is 4. The van der Waals surface area contributed by atoms with Crippen molar-refractivity contribution in [2.45, 2.75) is 19.4 Å². The molecule has 1 rings (SSSR count). The van der Waals surface area contributed by atoms with Crippen LogP contribution in [0.25, 0.3) is 0 Å². The zero-order valence-corrected chi connectivity index (χ0v) is 12.1. The van der Waals surface area contributed by atoms with Crippen molar-refractivity contribution in [1.29, 1.82) is 0 Å². The summed E-state index contributed by atoms with van der Waals surface area (Å²) in [6.07, 6.45) is 0.281. The summed E-state index contributed by atoms with van der Waals surface area (Å²) in [5.41, 5.74) is 2.03. The van der Waals surface area contributed by atoms with Crippen molar-refractivity contribution in [3.63, 3.8) is 0 Å². The number of aliphatic hydroxyl groups excluding tert-OH is 1. The molecule has 1 atom stereocenters. The summed E-state index contributed by atoms with van der Waals surface area (Å²) in [6.45, 7) is 4.86. The Morgan fingerprint density at radius 1 is 1.11 bits per heavy atom. The van der Waals surface area contributed by atoms with E-state index in [0.29, 0.717) is 19.6 Å². The highest BCUT2D eigenvalue weighted by Crippen LogP contribution is 2.27. The molecular weight excluding hydrogens is 242 g/mol. The van der Waals surface area contributed by atoms with E-state index in [1.54, 1.807) is 14.2 Å². The molecule has 0 aliphatic heterocycles. The average Bonchev–Trinajstić information content (AvgIpc) is 2.47. The SMILES string of the molecule is CC[C@@H](O)c1ccccc1N(CCOC)CCOC. The Kier molecular flexibility index (Phi) is 7.48. The summed E-state index contributed by atoms with van der Waals surface area (Å²) in [5, 5.41) is 10.1. The smallest absolute Gasteiger partial charge is 0.0807 e. The van der Waals surface area contributed by atoms with Gasteiger partial charge in [0.2, 0.25) is 0 Å². The highest BCUT2D eigenvalue weighted by Gasteiger charge is 2.15. The fourth-order valence-electron chi connectivity index (χ4n) is 2.03. The largest absolute Gasteiger partial charge is 0.388 e. The van der Waals surface area contributed by atoms with Crippen LogP contribution in [0, 0.1) is 0 Å². The normalized spacial score (nSPS) is 12.4. The molecule has 0 amide bonds. The first-order chi connectivity index (χ1) is 9.24. The third-order valence-corrected chi connectivity index (χ3v) is 3.15. The number of methoxy groups -OCH3 is 2. The molecule has 0 bridgehead atoms. The molecular formula is C15H25NO3. The monoisotopic (exact) mass is 267 g/mol. The van der Waals surface area contributed by atoms with Crippen molar-refractivity contribution in [1.82, 2.24) is 0 Å². The topological polar surface area (TPSA) is 41.9 Å². The van der Waals surface area contributed by atoms with Crippen LogP contribution in [-0.4, -0.2) is 45.6 Å². The van der Waals surface area contributed by atoms with Crippen LogP contribution in [0.5, 0.6) is 0 Å². The first-order valence-corrected chi connectivity index (χ1v) is 6.74. The van der Waals surface area contributed by atoms with Gasteiger partial charge in [-0.05, 0) is 12.5 Å². The third-order valence-electron chi connectivity index (χ3n) is 3.15. The van der Waals surface area contributed by atoms with Crippen LogP contribution in [0.4, 0.5) is 5.69 Å². The molecule has 1 aromatic rings. The molecule has 0 heterocycles. The van der Waals surface area contributed by atoms with E-state index >= 15 is 0 Å². The number of nitrogens with zero attached hydrogens (tertiary/aromatic N) is 1. The number of rotatable bonds is 9. The van der Waals surface area contributed by atoms with Crippen molar-refractivity contribution >= 4 is 5.69 Å². The van der Waals surface area contributed by atoms with Gasteiger partial charge < -0.3 is 19.5 Å². The summed E-state index contributed by atoms with van der Waals surface area (Å²) in [4.78, 5) is 2.20. The molecule has 0 aliphatic carbocycles. The van der Waals surface area contributed by atoms with Crippen LogP contribution in [0.2, 0.25) is 0 Å². The summed E-state index contributed by atoms with van der Waals surface area (Å²) in [7, 11) is 3.39. The van der Waals surface area contributed by atoms with Gasteiger partial charge in [-0.25, -0.2) is 0 Å². The van der Waals surface area contributed by atoms with Crippen LogP contribution in [0.1, 0.15) is 25.0 Å². The Morgan fingerprint density at radius 3 is 2.21 bits per heavy atom. The summed E-state index contributed by atoms with van der Waals surface area (Å²) >= 11 is 0. The number of anilines is 1. The summed E-state index contributed by atoms with van der Waals surface area (Å²) in [6, 6.07) is 7.98. The molecule has 0 fully saturated rings. The highest BCUT2D eigenvalue weighted by atomic mass is 16.5. The molecule has 4 nitrogen and oxygen atoms in total. The Hall–Kier alpha value is -1.10. The molecule has 0 unspecified atom stereocenters. The van der Waals surface area contributed by atoms with Crippen LogP contribution in [0.15, 0.2) is 24.3 Å². The van der Waals surface area contributed by atoms with Gasteiger partial charge in [0.1, 0.15) is 0 Å². The van der Waals surface area contributed by atoms with Crippen molar-refractivity contribution in [2.24, 2.45) is 0 Å². The second kappa shape index (κ2) is 8.91. The van der Waals surface area contributed by atoms with Gasteiger partial charge in [-0.3, -0.25) is 0 Å². The molecule has 108 valence electrons.